The lowest BCUT2D eigenvalue weighted by molar-refractivity contribution is -0.118. The smallest absolute Gasteiger partial charge is 0.264 e. The maximum absolute atomic E-state index is 12.4. The Kier molecular flexibility index (Phi) is 5.95. The molecule has 33 heavy (non-hydrogen) atoms. The van der Waals surface area contributed by atoms with Crippen LogP contribution in [-0.2, 0) is 4.79 Å². The van der Waals surface area contributed by atoms with Crippen LogP contribution in [-0.4, -0.2) is 27.3 Å². The maximum atomic E-state index is 12.4. The predicted octanol–water partition coefficient (Wildman–Crippen LogP) is 5.10. The summed E-state index contributed by atoms with van der Waals surface area (Å²) in [7, 11) is 0. The molecule has 0 spiro atoms. The highest BCUT2D eigenvalue weighted by atomic mass is 35.5. The quantitative estimate of drug-likeness (QED) is 0.419. The second-order valence-corrected chi connectivity index (χ2v) is 8.20. The van der Waals surface area contributed by atoms with E-state index in [2.05, 4.69) is 32.8 Å². The van der Waals surface area contributed by atoms with Crippen LogP contribution in [0.3, 0.4) is 0 Å². The molecule has 4 aromatic rings. The van der Waals surface area contributed by atoms with Crippen LogP contribution in [0.4, 0.5) is 11.9 Å². The topological polar surface area (TPSA) is 81.1 Å². The number of amides is 1. The van der Waals surface area contributed by atoms with E-state index in [0.29, 0.717) is 16.7 Å². The monoisotopic (exact) mass is 459 g/mol. The van der Waals surface area contributed by atoms with Crippen LogP contribution in [0.25, 0.3) is 0 Å². The summed E-state index contributed by atoms with van der Waals surface area (Å²) in [5.74, 6) is 1.12. The highest BCUT2D eigenvalue weighted by Gasteiger charge is 2.31. The summed E-state index contributed by atoms with van der Waals surface area (Å²) in [5.41, 5.74) is 2.23. The number of ether oxygens (including phenoxy) is 1. The van der Waals surface area contributed by atoms with Gasteiger partial charge in [-0.3, -0.25) is 10.1 Å². The Morgan fingerprint density at radius 1 is 1.00 bits per heavy atom. The van der Waals surface area contributed by atoms with Crippen LogP contribution in [0.5, 0.6) is 5.75 Å². The zero-order valence-electron chi connectivity index (χ0n) is 17.7. The average molecular weight is 460 g/mol. The standard InChI is InChI=1S/C25H22ClN5O2/c26-19-13-11-17(12-14-19)21-15-22(18-7-3-1-4-8-18)31-25(27-21)29-24(30-31)28-23(32)16-33-20-9-5-2-6-10-20/h1-14,21-22H,15-16H2,(H2,27,28,29,30,32)/t21-,22+/m1/s1. The van der Waals surface area contributed by atoms with Crippen molar-refractivity contribution in [1.82, 2.24) is 14.8 Å². The summed E-state index contributed by atoms with van der Waals surface area (Å²) in [5, 5.41) is 11.5. The molecule has 7 nitrogen and oxygen atoms in total. The highest BCUT2D eigenvalue weighted by molar-refractivity contribution is 6.30. The fourth-order valence-corrected chi connectivity index (χ4v) is 4.05. The lowest BCUT2D eigenvalue weighted by Crippen LogP contribution is -2.28. The van der Waals surface area contributed by atoms with E-state index in [-0.39, 0.29) is 30.5 Å². The summed E-state index contributed by atoms with van der Waals surface area (Å²) < 4.78 is 7.34. The number of hydrogen-bond acceptors (Lipinski definition) is 5. The van der Waals surface area contributed by atoms with Crippen LogP contribution >= 0.6 is 11.6 Å². The predicted molar refractivity (Wildman–Crippen MR) is 128 cm³/mol. The molecule has 8 heteroatoms. The Labute approximate surface area is 196 Å². The second kappa shape index (κ2) is 9.34. The van der Waals surface area contributed by atoms with Crippen molar-refractivity contribution in [3.05, 3.63) is 101 Å². The van der Waals surface area contributed by atoms with Crippen LogP contribution in [0.15, 0.2) is 84.9 Å². The van der Waals surface area contributed by atoms with Crippen molar-refractivity contribution >= 4 is 29.4 Å². The molecule has 3 aromatic carbocycles. The molecule has 0 fully saturated rings. The van der Waals surface area contributed by atoms with Crippen molar-refractivity contribution in [1.29, 1.82) is 0 Å². The number of nitrogens with zero attached hydrogens (tertiary/aromatic N) is 3. The number of fused-ring (bicyclic) bond motifs is 1. The minimum absolute atomic E-state index is 0.0224. The number of benzene rings is 3. The van der Waals surface area contributed by atoms with E-state index in [1.54, 1.807) is 12.1 Å². The minimum atomic E-state index is -0.327. The van der Waals surface area contributed by atoms with Crippen LogP contribution in [0.2, 0.25) is 5.02 Å². The SMILES string of the molecule is O=C(COc1ccccc1)Nc1nc2n(n1)[C@H](c1ccccc1)C[C@H](c1ccc(Cl)cc1)N2. The van der Waals surface area contributed by atoms with Crippen molar-refractivity contribution in [3.8, 4) is 5.75 Å². The maximum Gasteiger partial charge on any atom is 0.264 e. The Hall–Kier alpha value is -3.84. The molecule has 1 aliphatic heterocycles. The molecule has 0 saturated carbocycles. The van der Waals surface area contributed by atoms with Gasteiger partial charge in [0.15, 0.2) is 6.61 Å². The molecule has 5 rings (SSSR count). The number of nitrogens with one attached hydrogen (secondary N) is 2. The molecule has 1 aromatic heterocycles. The molecule has 2 heterocycles. The zero-order valence-corrected chi connectivity index (χ0v) is 18.4. The fraction of sp³-hybridized carbons (Fsp3) is 0.160. The van der Waals surface area contributed by atoms with Gasteiger partial charge in [0.1, 0.15) is 5.75 Å². The van der Waals surface area contributed by atoms with Crippen LogP contribution in [0.1, 0.15) is 29.6 Å². The summed E-state index contributed by atoms with van der Waals surface area (Å²) in [6.07, 6.45) is 0.770. The molecule has 0 bridgehead atoms. The summed E-state index contributed by atoms with van der Waals surface area (Å²) in [4.78, 5) is 17.0. The second-order valence-electron chi connectivity index (χ2n) is 7.76. The Bertz CT molecular complexity index is 1230. The molecule has 0 saturated heterocycles. The van der Waals surface area contributed by atoms with Crippen molar-refractivity contribution in [2.75, 3.05) is 17.2 Å². The Balaban J connectivity index is 1.37. The van der Waals surface area contributed by atoms with Gasteiger partial charge in [-0.2, -0.15) is 4.98 Å². The van der Waals surface area contributed by atoms with Crippen molar-refractivity contribution < 1.29 is 9.53 Å². The summed E-state index contributed by atoms with van der Waals surface area (Å²) in [6.45, 7) is -0.128. The molecular formula is C25H22ClN5O2. The molecule has 166 valence electrons. The molecule has 2 N–H and O–H groups in total. The third kappa shape index (κ3) is 4.83. The molecular weight excluding hydrogens is 438 g/mol. The zero-order chi connectivity index (χ0) is 22.6. The average Bonchev–Trinajstić information content (AvgIpc) is 3.26. The van der Waals surface area contributed by atoms with Gasteiger partial charge >= 0.3 is 0 Å². The molecule has 1 aliphatic rings. The third-order valence-corrected chi connectivity index (χ3v) is 5.76. The van der Waals surface area contributed by atoms with Crippen molar-refractivity contribution in [2.45, 2.75) is 18.5 Å². The van der Waals surface area contributed by atoms with E-state index in [9.17, 15) is 4.79 Å². The molecule has 0 aliphatic carbocycles. The molecule has 0 unspecified atom stereocenters. The van der Waals surface area contributed by atoms with Gasteiger partial charge in [0, 0.05) is 5.02 Å². The first-order valence-corrected chi connectivity index (χ1v) is 11.0. The molecule has 2 atom stereocenters. The summed E-state index contributed by atoms with van der Waals surface area (Å²) in [6, 6.07) is 27.1. The van der Waals surface area contributed by atoms with E-state index >= 15 is 0 Å². The first-order chi connectivity index (χ1) is 16.2. The number of anilines is 2. The summed E-state index contributed by atoms with van der Waals surface area (Å²) >= 11 is 6.08. The van der Waals surface area contributed by atoms with Gasteiger partial charge < -0.3 is 10.1 Å². The lowest BCUT2D eigenvalue weighted by Gasteiger charge is -2.31. The van der Waals surface area contributed by atoms with E-state index in [0.717, 1.165) is 17.5 Å². The number of rotatable bonds is 6. The van der Waals surface area contributed by atoms with E-state index in [4.69, 9.17) is 16.3 Å². The lowest BCUT2D eigenvalue weighted by atomic mass is 9.93. The number of para-hydroxylation sites is 1. The van der Waals surface area contributed by atoms with Crippen molar-refractivity contribution in [3.63, 3.8) is 0 Å². The Morgan fingerprint density at radius 2 is 1.70 bits per heavy atom. The highest BCUT2D eigenvalue weighted by Crippen LogP contribution is 2.38. The first kappa shape index (κ1) is 21.0. The number of carbonyl (C=O) groups excluding carboxylic acids is 1. The van der Waals surface area contributed by atoms with Gasteiger partial charge in [0.25, 0.3) is 11.9 Å². The first-order valence-electron chi connectivity index (χ1n) is 10.7. The number of carbonyl (C=O) groups is 1. The van der Waals surface area contributed by atoms with Gasteiger partial charge in [-0.05, 0) is 41.8 Å². The van der Waals surface area contributed by atoms with Crippen molar-refractivity contribution in [2.24, 2.45) is 0 Å². The molecule has 0 radical (unpaired) electrons. The van der Waals surface area contributed by atoms with Gasteiger partial charge in [-0.1, -0.05) is 72.3 Å². The normalized spacial score (nSPS) is 17.0. The van der Waals surface area contributed by atoms with Gasteiger partial charge in [0.05, 0.1) is 12.1 Å². The number of halogens is 1. The van der Waals surface area contributed by atoms with Crippen LogP contribution in [0, 0.1) is 0 Å². The van der Waals surface area contributed by atoms with E-state index in [1.807, 2.05) is 65.3 Å². The molecule has 1 amide bonds. The van der Waals surface area contributed by atoms with E-state index in [1.165, 1.54) is 0 Å². The third-order valence-electron chi connectivity index (χ3n) is 5.51. The van der Waals surface area contributed by atoms with Gasteiger partial charge in [-0.15, -0.1) is 5.10 Å². The van der Waals surface area contributed by atoms with Crippen LogP contribution < -0.4 is 15.4 Å². The van der Waals surface area contributed by atoms with Gasteiger partial charge in [-0.25, -0.2) is 4.68 Å². The Morgan fingerprint density at radius 3 is 2.42 bits per heavy atom. The fourth-order valence-electron chi connectivity index (χ4n) is 3.92. The number of aromatic nitrogens is 3. The van der Waals surface area contributed by atoms with E-state index < -0.39 is 0 Å². The van der Waals surface area contributed by atoms with Gasteiger partial charge in [0.2, 0.25) is 5.95 Å². The largest absolute Gasteiger partial charge is 0.484 e. The number of hydrogen-bond donors (Lipinski definition) is 2. The minimum Gasteiger partial charge on any atom is -0.484 e.